The molecule has 3 rings (SSSR count). The van der Waals surface area contributed by atoms with Gasteiger partial charge >= 0.3 is 0 Å². The van der Waals surface area contributed by atoms with Gasteiger partial charge in [0.15, 0.2) is 0 Å². The summed E-state index contributed by atoms with van der Waals surface area (Å²) in [4.78, 5) is 25.0. The second kappa shape index (κ2) is 8.65. The van der Waals surface area contributed by atoms with E-state index in [0.717, 1.165) is 22.4 Å². The van der Waals surface area contributed by atoms with Gasteiger partial charge in [0.25, 0.3) is 11.5 Å². The van der Waals surface area contributed by atoms with Gasteiger partial charge < -0.3 is 19.4 Å². The Balaban J connectivity index is 1.86. The number of aryl methyl sites for hydroxylation is 2. The van der Waals surface area contributed by atoms with Crippen molar-refractivity contribution in [2.24, 2.45) is 0 Å². The fraction of sp³-hybridized carbons (Fsp3) is 0.217. The molecule has 0 aliphatic heterocycles. The van der Waals surface area contributed by atoms with Crippen molar-refractivity contribution in [3.63, 3.8) is 0 Å². The number of hydrogen-bond donors (Lipinski definition) is 1. The van der Waals surface area contributed by atoms with Crippen molar-refractivity contribution in [3.8, 4) is 11.5 Å². The molecule has 0 saturated heterocycles. The molecule has 0 saturated carbocycles. The van der Waals surface area contributed by atoms with Crippen molar-refractivity contribution in [1.29, 1.82) is 0 Å². The van der Waals surface area contributed by atoms with Gasteiger partial charge in [-0.3, -0.25) is 9.59 Å². The van der Waals surface area contributed by atoms with Gasteiger partial charge in [-0.1, -0.05) is 17.7 Å². The third-order valence-corrected chi connectivity index (χ3v) is 4.64. The Kier molecular flexibility index (Phi) is 6.02. The molecule has 0 radical (unpaired) electrons. The van der Waals surface area contributed by atoms with Crippen LogP contribution in [0.25, 0.3) is 0 Å². The largest absolute Gasteiger partial charge is 0.497 e. The van der Waals surface area contributed by atoms with Crippen molar-refractivity contribution >= 4 is 11.6 Å². The highest BCUT2D eigenvalue weighted by molar-refractivity contribution is 6.04. The third-order valence-electron chi connectivity index (χ3n) is 4.64. The maximum Gasteiger partial charge on any atom is 0.257 e. The summed E-state index contributed by atoms with van der Waals surface area (Å²) in [5.74, 6) is 1.00. The second-order valence-electron chi connectivity index (χ2n) is 6.88. The lowest BCUT2D eigenvalue weighted by atomic mass is 10.1. The highest BCUT2D eigenvalue weighted by Gasteiger charge is 2.11. The third kappa shape index (κ3) is 4.85. The number of aromatic nitrogens is 1. The molecule has 1 amide bonds. The van der Waals surface area contributed by atoms with E-state index in [9.17, 15) is 9.59 Å². The van der Waals surface area contributed by atoms with E-state index in [2.05, 4.69) is 5.32 Å². The summed E-state index contributed by atoms with van der Waals surface area (Å²) in [6.45, 7) is 4.23. The highest BCUT2D eigenvalue weighted by Crippen LogP contribution is 2.23. The first-order valence-electron chi connectivity index (χ1n) is 9.20. The lowest BCUT2D eigenvalue weighted by Gasteiger charge is -2.12. The molecule has 6 nitrogen and oxygen atoms in total. The molecule has 3 aromatic rings. The van der Waals surface area contributed by atoms with E-state index in [0.29, 0.717) is 17.1 Å². The number of pyridine rings is 1. The number of nitrogens with one attached hydrogen (secondary N) is 1. The number of rotatable bonds is 6. The standard InChI is InChI=1S/C23H24N2O4/c1-15-5-7-21(16(2)9-15)24-23(27)18-6-8-22(26)25(14-18)13-17-10-19(28-3)12-20(11-17)29-4/h5-12,14H,13H2,1-4H3,(H,24,27). The Morgan fingerprint density at radius 3 is 2.28 bits per heavy atom. The van der Waals surface area contributed by atoms with Gasteiger partial charge in [-0.2, -0.15) is 0 Å². The molecule has 2 aromatic carbocycles. The van der Waals surface area contributed by atoms with Crippen LogP contribution in [0.1, 0.15) is 27.0 Å². The molecule has 0 aliphatic carbocycles. The average Bonchev–Trinajstić information content (AvgIpc) is 2.71. The van der Waals surface area contributed by atoms with Gasteiger partial charge in [0.05, 0.1) is 26.3 Å². The molecular formula is C23H24N2O4. The Labute approximate surface area is 169 Å². The maximum atomic E-state index is 12.7. The van der Waals surface area contributed by atoms with E-state index in [1.807, 2.05) is 44.2 Å². The van der Waals surface area contributed by atoms with Crippen LogP contribution in [0, 0.1) is 13.8 Å². The molecule has 0 spiro atoms. The van der Waals surface area contributed by atoms with Crippen LogP contribution in [0.3, 0.4) is 0 Å². The minimum absolute atomic E-state index is 0.199. The molecule has 0 atom stereocenters. The van der Waals surface area contributed by atoms with E-state index < -0.39 is 0 Å². The predicted molar refractivity (Wildman–Crippen MR) is 113 cm³/mol. The molecule has 0 bridgehead atoms. The summed E-state index contributed by atoms with van der Waals surface area (Å²) in [5.41, 5.74) is 3.89. The first-order chi connectivity index (χ1) is 13.9. The quantitative estimate of drug-likeness (QED) is 0.693. The number of benzene rings is 2. The Hall–Kier alpha value is -3.54. The topological polar surface area (TPSA) is 69.6 Å². The zero-order valence-corrected chi connectivity index (χ0v) is 17.0. The number of hydrogen-bond acceptors (Lipinski definition) is 4. The number of ether oxygens (including phenoxy) is 2. The van der Waals surface area contributed by atoms with Gasteiger partial charge in [0.1, 0.15) is 11.5 Å². The molecule has 0 unspecified atom stereocenters. The van der Waals surface area contributed by atoms with Crippen LogP contribution in [-0.4, -0.2) is 24.7 Å². The van der Waals surface area contributed by atoms with Crippen molar-refractivity contribution in [2.45, 2.75) is 20.4 Å². The van der Waals surface area contributed by atoms with Gasteiger partial charge in [0, 0.05) is 24.0 Å². The van der Waals surface area contributed by atoms with Gasteiger partial charge in [0.2, 0.25) is 0 Å². The van der Waals surface area contributed by atoms with E-state index >= 15 is 0 Å². The predicted octanol–water partition coefficient (Wildman–Crippen LogP) is 3.78. The smallest absolute Gasteiger partial charge is 0.257 e. The van der Waals surface area contributed by atoms with E-state index in [4.69, 9.17) is 9.47 Å². The number of amides is 1. The lowest BCUT2D eigenvalue weighted by molar-refractivity contribution is 0.102. The fourth-order valence-corrected chi connectivity index (χ4v) is 3.09. The molecule has 1 aromatic heterocycles. The minimum Gasteiger partial charge on any atom is -0.497 e. The number of nitrogens with zero attached hydrogens (tertiary/aromatic N) is 1. The van der Waals surface area contributed by atoms with Crippen LogP contribution in [0.5, 0.6) is 11.5 Å². The Morgan fingerprint density at radius 1 is 0.966 bits per heavy atom. The Morgan fingerprint density at radius 2 is 1.66 bits per heavy atom. The number of methoxy groups -OCH3 is 2. The molecule has 29 heavy (non-hydrogen) atoms. The second-order valence-corrected chi connectivity index (χ2v) is 6.88. The number of anilines is 1. The summed E-state index contributed by atoms with van der Waals surface area (Å²) in [6.07, 6.45) is 1.56. The number of carbonyl (C=O) groups excluding carboxylic acids is 1. The van der Waals surface area contributed by atoms with Crippen LogP contribution in [0.15, 0.2) is 59.5 Å². The van der Waals surface area contributed by atoms with Crippen LogP contribution in [-0.2, 0) is 6.54 Å². The van der Waals surface area contributed by atoms with Crippen molar-refractivity contribution in [3.05, 3.63) is 87.3 Å². The summed E-state index contributed by atoms with van der Waals surface area (Å²) in [5, 5.41) is 2.91. The molecule has 150 valence electrons. The van der Waals surface area contributed by atoms with Gasteiger partial charge in [-0.15, -0.1) is 0 Å². The fourth-order valence-electron chi connectivity index (χ4n) is 3.09. The summed E-state index contributed by atoms with van der Waals surface area (Å²) in [6, 6.07) is 14.2. The first-order valence-corrected chi connectivity index (χ1v) is 9.20. The number of carbonyl (C=O) groups is 1. The zero-order chi connectivity index (χ0) is 21.0. The highest BCUT2D eigenvalue weighted by atomic mass is 16.5. The zero-order valence-electron chi connectivity index (χ0n) is 17.0. The van der Waals surface area contributed by atoms with Crippen LogP contribution in [0.4, 0.5) is 5.69 Å². The average molecular weight is 392 g/mol. The molecule has 6 heteroatoms. The summed E-state index contributed by atoms with van der Waals surface area (Å²) >= 11 is 0. The monoisotopic (exact) mass is 392 g/mol. The van der Waals surface area contributed by atoms with Crippen molar-refractivity contribution in [1.82, 2.24) is 4.57 Å². The molecule has 0 fully saturated rings. The normalized spacial score (nSPS) is 10.5. The van der Waals surface area contributed by atoms with Crippen molar-refractivity contribution in [2.75, 3.05) is 19.5 Å². The van der Waals surface area contributed by atoms with Crippen LogP contribution >= 0.6 is 0 Å². The van der Waals surface area contributed by atoms with Crippen LogP contribution < -0.4 is 20.3 Å². The first kappa shape index (κ1) is 20.2. The van der Waals surface area contributed by atoms with E-state index in [1.165, 1.54) is 16.7 Å². The van der Waals surface area contributed by atoms with Crippen LogP contribution in [0.2, 0.25) is 0 Å². The lowest BCUT2D eigenvalue weighted by Crippen LogP contribution is -2.22. The summed E-state index contributed by atoms with van der Waals surface area (Å²) in [7, 11) is 3.14. The minimum atomic E-state index is -0.270. The summed E-state index contributed by atoms with van der Waals surface area (Å²) < 4.78 is 12.1. The van der Waals surface area contributed by atoms with Gasteiger partial charge in [-0.05, 0) is 49.2 Å². The SMILES string of the molecule is COc1cc(Cn2cc(C(=O)Nc3ccc(C)cc3C)ccc2=O)cc(OC)c1. The van der Waals surface area contributed by atoms with Crippen molar-refractivity contribution < 1.29 is 14.3 Å². The molecule has 1 heterocycles. The van der Waals surface area contributed by atoms with Gasteiger partial charge in [-0.25, -0.2) is 0 Å². The van der Waals surface area contributed by atoms with E-state index in [1.54, 1.807) is 26.5 Å². The molecular weight excluding hydrogens is 368 g/mol. The van der Waals surface area contributed by atoms with E-state index in [-0.39, 0.29) is 18.0 Å². The maximum absolute atomic E-state index is 12.7. The molecule has 0 aliphatic rings. The Bertz CT molecular complexity index is 1080. The molecule has 1 N–H and O–H groups in total.